The molecule has 2 N–H and O–H groups in total. The van der Waals surface area contributed by atoms with Crippen LogP contribution in [0.4, 0.5) is 4.39 Å². The van der Waals surface area contributed by atoms with E-state index in [1.54, 1.807) is 30.3 Å². The molecule has 0 aromatic heterocycles. The van der Waals surface area contributed by atoms with E-state index in [1.807, 2.05) is 0 Å². The number of aliphatic hydroxyl groups excluding tert-OH is 1. The van der Waals surface area contributed by atoms with Crippen molar-refractivity contribution in [1.82, 2.24) is 4.72 Å². The maximum atomic E-state index is 13.7. The molecule has 1 atom stereocenters. The molecule has 0 bridgehead atoms. The monoisotopic (exact) mass is 329 g/mol. The van der Waals surface area contributed by atoms with E-state index in [4.69, 9.17) is 11.6 Å². The Labute approximate surface area is 127 Å². The Morgan fingerprint density at radius 1 is 1.19 bits per heavy atom. The molecule has 0 aliphatic carbocycles. The topological polar surface area (TPSA) is 66.4 Å². The quantitative estimate of drug-likeness (QED) is 0.885. The number of hydrogen-bond acceptors (Lipinski definition) is 3. The van der Waals surface area contributed by atoms with Gasteiger partial charge in [0.2, 0.25) is 10.0 Å². The van der Waals surface area contributed by atoms with Gasteiger partial charge in [-0.2, -0.15) is 0 Å². The Balaban J connectivity index is 2.32. The van der Waals surface area contributed by atoms with Crippen molar-refractivity contribution in [3.05, 3.63) is 64.9 Å². The summed E-state index contributed by atoms with van der Waals surface area (Å²) in [6.07, 6.45) is 0. The molecule has 21 heavy (non-hydrogen) atoms. The Hall–Kier alpha value is -1.47. The number of hydrogen-bond donors (Lipinski definition) is 2. The van der Waals surface area contributed by atoms with Crippen LogP contribution in [0.2, 0.25) is 5.02 Å². The van der Waals surface area contributed by atoms with E-state index in [-0.39, 0.29) is 5.02 Å². The van der Waals surface area contributed by atoms with Crippen LogP contribution in [0, 0.1) is 5.82 Å². The lowest BCUT2D eigenvalue weighted by Crippen LogP contribution is -2.31. The summed E-state index contributed by atoms with van der Waals surface area (Å²) in [4.78, 5) is -0.513. The molecule has 2 aromatic carbocycles. The van der Waals surface area contributed by atoms with Gasteiger partial charge >= 0.3 is 0 Å². The fraction of sp³-hybridized carbons (Fsp3) is 0.143. The highest BCUT2D eigenvalue weighted by Crippen LogP contribution is 2.21. The SMILES string of the molecule is O=S(=O)(N[C@@H](CO)c1ccccc1)c1ccc(Cl)cc1F. The molecule has 4 nitrogen and oxygen atoms in total. The zero-order valence-electron chi connectivity index (χ0n) is 10.8. The van der Waals surface area contributed by atoms with Gasteiger partial charge in [-0.15, -0.1) is 0 Å². The molecule has 0 spiro atoms. The molecule has 0 radical (unpaired) electrons. The molecule has 0 heterocycles. The van der Waals surface area contributed by atoms with Crippen molar-refractivity contribution in [1.29, 1.82) is 0 Å². The van der Waals surface area contributed by atoms with Gasteiger partial charge in [0.05, 0.1) is 12.6 Å². The van der Waals surface area contributed by atoms with Gasteiger partial charge in [-0.05, 0) is 23.8 Å². The first-order chi connectivity index (χ1) is 9.94. The van der Waals surface area contributed by atoms with Crippen LogP contribution in [-0.2, 0) is 10.0 Å². The first-order valence-electron chi connectivity index (χ1n) is 6.07. The molecule has 2 rings (SSSR count). The third kappa shape index (κ3) is 3.79. The molecular formula is C14H13ClFNO3S. The second-order valence-corrected chi connectivity index (χ2v) is 6.46. The normalized spacial score (nSPS) is 13.1. The number of sulfonamides is 1. The summed E-state index contributed by atoms with van der Waals surface area (Å²) in [6.45, 7) is -0.446. The predicted octanol–water partition coefficient (Wildman–Crippen LogP) is 2.49. The van der Waals surface area contributed by atoms with Gasteiger partial charge in [-0.25, -0.2) is 17.5 Å². The van der Waals surface area contributed by atoms with E-state index < -0.39 is 33.4 Å². The second kappa shape index (κ2) is 6.53. The Morgan fingerprint density at radius 3 is 2.43 bits per heavy atom. The molecule has 0 fully saturated rings. The maximum Gasteiger partial charge on any atom is 0.244 e. The van der Waals surface area contributed by atoms with Crippen molar-refractivity contribution in [2.75, 3.05) is 6.61 Å². The zero-order valence-corrected chi connectivity index (χ0v) is 12.4. The number of halogens is 2. The van der Waals surface area contributed by atoms with E-state index >= 15 is 0 Å². The number of rotatable bonds is 5. The van der Waals surface area contributed by atoms with Gasteiger partial charge in [0.15, 0.2) is 0 Å². The third-order valence-electron chi connectivity index (χ3n) is 2.87. The number of nitrogens with one attached hydrogen (secondary N) is 1. The van der Waals surface area contributed by atoms with Gasteiger partial charge < -0.3 is 5.11 Å². The van der Waals surface area contributed by atoms with Crippen molar-refractivity contribution in [2.24, 2.45) is 0 Å². The maximum absolute atomic E-state index is 13.7. The average molecular weight is 330 g/mol. The van der Waals surface area contributed by atoms with Gasteiger partial charge in [0, 0.05) is 5.02 Å². The van der Waals surface area contributed by atoms with Gasteiger partial charge in [0.25, 0.3) is 0 Å². The average Bonchev–Trinajstić information content (AvgIpc) is 2.45. The van der Waals surface area contributed by atoms with Crippen LogP contribution < -0.4 is 4.72 Å². The summed E-state index contributed by atoms with van der Waals surface area (Å²) in [7, 11) is -4.11. The van der Waals surface area contributed by atoms with Crippen molar-refractivity contribution in [3.8, 4) is 0 Å². The lowest BCUT2D eigenvalue weighted by molar-refractivity contribution is 0.258. The van der Waals surface area contributed by atoms with Crippen LogP contribution in [0.25, 0.3) is 0 Å². The molecule has 112 valence electrons. The van der Waals surface area contributed by atoms with Crippen LogP contribution >= 0.6 is 11.6 Å². The predicted molar refractivity (Wildman–Crippen MR) is 78.0 cm³/mol. The fourth-order valence-corrected chi connectivity index (χ4v) is 3.27. The molecule has 0 amide bonds. The lowest BCUT2D eigenvalue weighted by Gasteiger charge is -2.17. The summed E-state index contributed by atoms with van der Waals surface area (Å²) in [5.41, 5.74) is 0.581. The minimum Gasteiger partial charge on any atom is -0.394 e. The first kappa shape index (κ1) is 15.9. The van der Waals surface area contributed by atoms with Crippen LogP contribution in [-0.4, -0.2) is 20.1 Å². The van der Waals surface area contributed by atoms with E-state index in [0.29, 0.717) is 5.56 Å². The lowest BCUT2D eigenvalue weighted by atomic mass is 10.1. The third-order valence-corrected chi connectivity index (χ3v) is 4.61. The first-order valence-corrected chi connectivity index (χ1v) is 7.93. The van der Waals surface area contributed by atoms with Crippen molar-refractivity contribution in [3.63, 3.8) is 0 Å². The van der Waals surface area contributed by atoms with Crippen molar-refractivity contribution in [2.45, 2.75) is 10.9 Å². The highest BCUT2D eigenvalue weighted by Gasteiger charge is 2.23. The summed E-state index contributed by atoms with van der Waals surface area (Å²) in [5.74, 6) is -0.945. The standard InChI is InChI=1S/C14H13ClFNO3S/c15-11-6-7-14(12(16)8-11)21(19,20)17-13(9-18)10-4-2-1-3-5-10/h1-8,13,17-18H,9H2/t13-/m0/s1. The fourth-order valence-electron chi connectivity index (χ4n) is 1.84. The summed E-state index contributed by atoms with van der Waals surface area (Å²) in [6, 6.07) is 11.0. The van der Waals surface area contributed by atoms with Gasteiger partial charge in [0.1, 0.15) is 10.7 Å². The number of benzene rings is 2. The molecule has 0 saturated carbocycles. The Bertz CT molecular complexity index is 722. The van der Waals surface area contributed by atoms with Crippen molar-refractivity contribution < 1.29 is 17.9 Å². The smallest absolute Gasteiger partial charge is 0.244 e. The minimum absolute atomic E-state index is 0.105. The zero-order chi connectivity index (χ0) is 15.5. The summed E-state index contributed by atoms with van der Waals surface area (Å²) in [5, 5.41) is 9.47. The van der Waals surface area contributed by atoms with Gasteiger partial charge in [-0.3, -0.25) is 0 Å². The highest BCUT2D eigenvalue weighted by molar-refractivity contribution is 7.89. The molecule has 0 saturated heterocycles. The molecular weight excluding hydrogens is 317 g/mol. The molecule has 0 aliphatic heterocycles. The van der Waals surface area contributed by atoms with E-state index in [2.05, 4.69) is 4.72 Å². The van der Waals surface area contributed by atoms with E-state index in [1.165, 1.54) is 6.07 Å². The highest BCUT2D eigenvalue weighted by atomic mass is 35.5. The van der Waals surface area contributed by atoms with Crippen molar-refractivity contribution >= 4 is 21.6 Å². The molecule has 2 aromatic rings. The number of aliphatic hydroxyl groups is 1. The van der Waals surface area contributed by atoms with Gasteiger partial charge in [-0.1, -0.05) is 41.9 Å². The summed E-state index contributed by atoms with van der Waals surface area (Å²) < 4.78 is 40.4. The van der Waals surface area contributed by atoms with Crippen LogP contribution in [0.1, 0.15) is 11.6 Å². The van der Waals surface area contributed by atoms with Crippen LogP contribution in [0.3, 0.4) is 0 Å². The molecule has 0 unspecified atom stereocenters. The van der Waals surface area contributed by atoms with Crippen LogP contribution in [0.5, 0.6) is 0 Å². The molecule has 7 heteroatoms. The Morgan fingerprint density at radius 2 is 1.86 bits per heavy atom. The minimum atomic E-state index is -4.11. The Kier molecular flexibility index (Phi) is 4.95. The van der Waals surface area contributed by atoms with E-state index in [0.717, 1.165) is 12.1 Å². The largest absolute Gasteiger partial charge is 0.394 e. The summed E-state index contributed by atoms with van der Waals surface area (Å²) >= 11 is 5.60. The molecule has 0 aliphatic rings. The van der Waals surface area contributed by atoms with Crippen LogP contribution in [0.15, 0.2) is 53.4 Å². The van der Waals surface area contributed by atoms with E-state index in [9.17, 15) is 17.9 Å². The second-order valence-electron chi connectivity index (χ2n) is 4.34.